The summed E-state index contributed by atoms with van der Waals surface area (Å²) in [5, 5.41) is 0.486. The Labute approximate surface area is 92.8 Å². The van der Waals surface area contributed by atoms with Crippen molar-refractivity contribution in [2.75, 3.05) is 0 Å². The number of halogens is 2. The van der Waals surface area contributed by atoms with Crippen LogP contribution in [-0.2, 0) is 17.0 Å². The van der Waals surface area contributed by atoms with Crippen LogP contribution >= 0.6 is 11.6 Å². The molecule has 0 aliphatic carbocycles. The molecule has 2 nitrogen and oxygen atoms in total. The SMILES string of the molecule is CCc1ccc(C(C)(F)N=C=O)cc1Cl. The molecule has 80 valence electrons. The summed E-state index contributed by atoms with van der Waals surface area (Å²) < 4.78 is 13.8. The van der Waals surface area contributed by atoms with Crippen molar-refractivity contribution >= 4 is 17.7 Å². The van der Waals surface area contributed by atoms with Crippen molar-refractivity contribution in [1.29, 1.82) is 0 Å². The van der Waals surface area contributed by atoms with Crippen molar-refractivity contribution in [3.05, 3.63) is 34.3 Å². The van der Waals surface area contributed by atoms with Crippen LogP contribution in [0.5, 0.6) is 0 Å². The Balaban J connectivity index is 3.17. The first kappa shape index (κ1) is 11.9. The van der Waals surface area contributed by atoms with Crippen LogP contribution in [0.4, 0.5) is 4.39 Å². The second kappa shape index (κ2) is 4.56. The maximum atomic E-state index is 13.8. The summed E-state index contributed by atoms with van der Waals surface area (Å²) in [6.45, 7) is 3.15. The minimum absolute atomic E-state index is 0.257. The van der Waals surface area contributed by atoms with E-state index in [1.165, 1.54) is 19.1 Å². The van der Waals surface area contributed by atoms with Gasteiger partial charge >= 0.3 is 0 Å². The van der Waals surface area contributed by atoms with Crippen LogP contribution in [-0.4, -0.2) is 6.08 Å². The van der Waals surface area contributed by atoms with Gasteiger partial charge in [-0.15, -0.1) is 0 Å². The molecule has 0 aliphatic rings. The van der Waals surface area contributed by atoms with E-state index in [1.54, 1.807) is 12.1 Å². The van der Waals surface area contributed by atoms with E-state index < -0.39 is 5.79 Å². The van der Waals surface area contributed by atoms with Crippen LogP contribution in [0, 0.1) is 0 Å². The number of isocyanates is 1. The fourth-order valence-electron chi connectivity index (χ4n) is 1.27. The molecule has 0 heterocycles. The lowest BCUT2D eigenvalue weighted by Gasteiger charge is -2.14. The lowest BCUT2D eigenvalue weighted by molar-refractivity contribution is 0.206. The maximum Gasteiger partial charge on any atom is 0.238 e. The zero-order valence-corrected chi connectivity index (χ0v) is 9.31. The summed E-state index contributed by atoms with van der Waals surface area (Å²) in [7, 11) is 0. The van der Waals surface area contributed by atoms with Gasteiger partial charge in [0.1, 0.15) is 0 Å². The molecule has 1 aromatic rings. The highest BCUT2D eigenvalue weighted by atomic mass is 35.5. The van der Waals surface area contributed by atoms with Crippen LogP contribution in [0.15, 0.2) is 23.2 Å². The van der Waals surface area contributed by atoms with Gasteiger partial charge in [0.2, 0.25) is 11.9 Å². The largest absolute Gasteiger partial charge is 0.238 e. The number of benzene rings is 1. The lowest BCUT2D eigenvalue weighted by atomic mass is 10.0. The third-order valence-corrected chi connectivity index (χ3v) is 2.57. The molecule has 0 fully saturated rings. The van der Waals surface area contributed by atoms with Gasteiger partial charge in [0.25, 0.3) is 0 Å². The lowest BCUT2D eigenvalue weighted by Crippen LogP contribution is -2.11. The molecule has 1 rings (SSSR count). The van der Waals surface area contributed by atoms with Crippen molar-refractivity contribution in [3.8, 4) is 0 Å². The summed E-state index contributed by atoms with van der Waals surface area (Å²) in [4.78, 5) is 13.1. The van der Waals surface area contributed by atoms with Crippen molar-refractivity contribution in [1.82, 2.24) is 0 Å². The van der Waals surface area contributed by atoms with Gasteiger partial charge in [-0.05, 0) is 25.0 Å². The van der Waals surface area contributed by atoms with E-state index in [2.05, 4.69) is 4.99 Å². The summed E-state index contributed by atoms with van der Waals surface area (Å²) in [5.74, 6) is -2.06. The van der Waals surface area contributed by atoms with Crippen LogP contribution in [0.1, 0.15) is 25.0 Å². The molecule has 0 saturated carbocycles. The fraction of sp³-hybridized carbons (Fsp3) is 0.364. The topological polar surface area (TPSA) is 29.4 Å². The summed E-state index contributed by atoms with van der Waals surface area (Å²) in [6, 6.07) is 4.79. The molecule has 0 aromatic heterocycles. The summed E-state index contributed by atoms with van der Waals surface area (Å²) >= 11 is 5.93. The van der Waals surface area contributed by atoms with Gasteiger partial charge in [-0.1, -0.05) is 30.7 Å². The second-order valence-corrected chi connectivity index (χ2v) is 3.72. The van der Waals surface area contributed by atoms with E-state index in [9.17, 15) is 9.18 Å². The molecule has 0 spiro atoms. The Morgan fingerprint density at radius 3 is 2.73 bits per heavy atom. The van der Waals surface area contributed by atoms with Gasteiger partial charge in [-0.25, -0.2) is 9.18 Å². The van der Waals surface area contributed by atoms with Gasteiger partial charge in [-0.3, -0.25) is 0 Å². The smallest absolute Gasteiger partial charge is 0.212 e. The van der Waals surface area contributed by atoms with E-state index >= 15 is 0 Å². The summed E-state index contributed by atoms with van der Waals surface area (Å²) in [5.41, 5.74) is 1.19. The van der Waals surface area contributed by atoms with Gasteiger partial charge in [0.05, 0.1) is 0 Å². The molecule has 4 heteroatoms. The van der Waals surface area contributed by atoms with Crippen molar-refractivity contribution in [2.24, 2.45) is 4.99 Å². The minimum Gasteiger partial charge on any atom is -0.212 e. The summed E-state index contributed by atoms with van der Waals surface area (Å²) in [6.07, 6.45) is 1.99. The first-order valence-electron chi connectivity index (χ1n) is 4.58. The first-order chi connectivity index (χ1) is 7.01. The van der Waals surface area contributed by atoms with Crippen LogP contribution in [0.2, 0.25) is 5.02 Å². The van der Waals surface area contributed by atoms with Crippen LogP contribution in [0.3, 0.4) is 0 Å². The number of nitrogens with zero attached hydrogens (tertiary/aromatic N) is 1. The molecule has 0 amide bonds. The number of aliphatic imine (C=N–C) groups is 1. The standard InChI is InChI=1S/C11H11ClFNO/c1-3-8-4-5-9(6-10(8)12)11(2,13)14-7-15/h4-6H,3H2,1-2H3. The number of carbonyl (C=O) groups excluding carboxylic acids is 1. The highest BCUT2D eigenvalue weighted by Gasteiger charge is 2.25. The molecule has 0 radical (unpaired) electrons. The molecule has 15 heavy (non-hydrogen) atoms. The third-order valence-electron chi connectivity index (χ3n) is 2.22. The Kier molecular flexibility index (Phi) is 3.61. The molecule has 0 bridgehead atoms. The molecular formula is C11H11ClFNO. The van der Waals surface area contributed by atoms with E-state index in [1.807, 2.05) is 6.92 Å². The zero-order chi connectivity index (χ0) is 11.5. The zero-order valence-electron chi connectivity index (χ0n) is 8.55. The Bertz CT molecular complexity index is 411. The molecule has 0 aliphatic heterocycles. The molecule has 1 unspecified atom stereocenters. The molecule has 0 N–H and O–H groups in total. The van der Waals surface area contributed by atoms with E-state index in [0.717, 1.165) is 12.0 Å². The van der Waals surface area contributed by atoms with Crippen LogP contribution < -0.4 is 0 Å². The molecule has 1 atom stereocenters. The molecule has 1 aromatic carbocycles. The quantitative estimate of drug-likeness (QED) is 0.442. The van der Waals surface area contributed by atoms with Gasteiger partial charge in [-0.2, -0.15) is 4.99 Å². The predicted molar refractivity (Wildman–Crippen MR) is 57.4 cm³/mol. The average Bonchev–Trinajstić information content (AvgIpc) is 2.17. The predicted octanol–water partition coefficient (Wildman–Crippen LogP) is 3.38. The van der Waals surface area contributed by atoms with Crippen molar-refractivity contribution in [3.63, 3.8) is 0 Å². The number of hydrogen-bond acceptors (Lipinski definition) is 2. The Morgan fingerprint density at radius 2 is 2.27 bits per heavy atom. The van der Waals surface area contributed by atoms with Crippen molar-refractivity contribution in [2.45, 2.75) is 26.1 Å². The van der Waals surface area contributed by atoms with Crippen LogP contribution in [0.25, 0.3) is 0 Å². The Morgan fingerprint density at radius 1 is 1.60 bits per heavy atom. The van der Waals surface area contributed by atoms with Crippen molar-refractivity contribution < 1.29 is 9.18 Å². The molecule has 0 saturated heterocycles. The van der Waals surface area contributed by atoms with Gasteiger partial charge in [0, 0.05) is 10.6 Å². The Hall–Kier alpha value is -1.18. The van der Waals surface area contributed by atoms with E-state index in [-0.39, 0.29) is 5.56 Å². The highest BCUT2D eigenvalue weighted by molar-refractivity contribution is 6.31. The van der Waals surface area contributed by atoms with E-state index in [4.69, 9.17) is 11.6 Å². The highest BCUT2D eigenvalue weighted by Crippen LogP contribution is 2.30. The number of aryl methyl sites for hydroxylation is 1. The maximum absolute atomic E-state index is 13.8. The monoisotopic (exact) mass is 227 g/mol. The minimum atomic E-state index is -2.06. The molecular weight excluding hydrogens is 217 g/mol. The normalized spacial score (nSPS) is 14.1. The number of alkyl halides is 1. The van der Waals surface area contributed by atoms with Gasteiger partial charge < -0.3 is 0 Å². The second-order valence-electron chi connectivity index (χ2n) is 3.32. The first-order valence-corrected chi connectivity index (χ1v) is 4.96. The number of hydrogen-bond donors (Lipinski definition) is 0. The third kappa shape index (κ3) is 2.65. The fourth-order valence-corrected chi connectivity index (χ4v) is 1.58. The number of rotatable bonds is 3. The average molecular weight is 228 g/mol. The van der Waals surface area contributed by atoms with Gasteiger partial charge in [0.15, 0.2) is 0 Å². The van der Waals surface area contributed by atoms with E-state index in [0.29, 0.717) is 5.02 Å².